The maximum absolute atomic E-state index is 2.43. The van der Waals surface area contributed by atoms with Crippen molar-refractivity contribution >= 4 is 0 Å². The van der Waals surface area contributed by atoms with Crippen LogP contribution in [0.2, 0.25) is 0 Å². The van der Waals surface area contributed by atoms with Gasteiger partial charge in [0.2, 0.25) is 0 Å². The Kier molecular flexibility index (Phi) is 2.43. The highest BCUT2D eigenvalue weighted by atomic mass is 14.4. The summed E-state index contributed by atoms with van der Waals surface area (Å²) >= 11 is 0. The number of hydrogen-bond acceptors (Lipinski definition) is 0. The molecule has 2 rings (SSSR count). The number of rotatable bonds is 1. The second kappa shape index (κ2) is 3.40. The standard InChI is InChI=1S/C12H22/c1-9(2)12-10-5-3-4-6-11(12)8-7-10/h9-12H,3-8H2,1-2H3. The Morgan fingerprint density at radius 1 is 0.833 bits per heavy atom. The highest BCUT2D eigenvalue weighted by Gasteiger charge is 2.38. The van der Waals surface area contributed by atoms with Gasteiger partial charge in [-0.2, -0.15) is 0 Å². The first-order chi connectivity index (χ1) is 5.79. The molecule has 0 aliphatic heterocycles. The molecule has 0 aromatic carbocycles. The van der Waals surface area contributed by atoms with Gasteiger partial charge >= 0.3 is 0 Å². The highest BCUT2D eigenvalue weighted by molar-refractivity contribution is 4.88. The summed E-state index contributed by atoms with van der Waals surface area (Å²) in [5.41, 5.74) is 0. The minimum absolute atomic E-state index is 0.945. The van der Waals surface area contributed by atoms with Crippen molar-refractivity contribution < 1.29 is 0 Å². The van der Waals surface area contributed by atoms with Crippen molar-refractivity contribution in [3.63, 3.8) is 0 Å². The van der Waals surface area contributed by atoms with Crippen LogP contribution >= 0.6 is 0 Å². The quantitative estimate of drug-likeness (QED) is 0.555. The second-order valence-electron chi connectivity index (χ2n) is 5.20. The van der Waals surface area contributed by atoms with Crippen molar-refractivity contribution in [2.75, 3.05) is 0 Å². The fourth-order valence-corrected chi connectivity index (χ4v) is 3.77. The Balaban J connectivity index is 2.09. The molecule has 0 aromatic rings. The van der Waals surface area contributed by atoms with Gasteiger partial charge in [0.25, 0.3) is 0 Å². The minimum Gasteiger partial charge on any atom is -0.0625 e. The van der Waals surface area contributed by atoms with Crippen molar-refractivity contribution in [2.24, 2.45) is 23.7 Å². The first-order valence-electron chi connectivity index (χ1n) is 5.79. The summed E-state index contributed by atoms with van der Waals surface area (Å²) in [4.78, 5) is 0. The summed E-state index contributed by atoms with van der Waals surface area (Å²) in [5, 5.41) is 0. The molecule has 0 aromatic heterocycles. The molecular formula is C12H22. The monoisotopic (exact) mass is 166 g/mol. The van der Waals surface area contributed by atoms with Crippen LogP contribution in [-0.4, -0.2) is 0 Å². The van der Waals surface area contributed by atoms with E-state index in [0.717, 1.165) is 23.7 Å². The van der Waals surface area contributed by atoms with Crippen molar-refractivity contribution in [3.8, 4) is 0 Å². The van der Waals surface area contributed by atoms with Crippen LogP contribution in [0.5, 0.6) is 0 Å². The lowest BCUT2D eigenvalue weighted by atomic mass is 9.80. The molecule has 0 radical (unpaired) electrons. The van der Waals surface area contributed by atoms with Gasteiger partial charge in [0.1, 0.15) is 0 Å². The zero-order chi connectivity index (χ0) is 8.55. The van der Waals surface area contributed by atoms with Crippen molar-refractivity contribution in [2.45, 2.75) is 52.4 Å². The molecule has 2 aliphatic rings. The van der Waals surface area contributed by atoms with E-state index in [0.29, 0.717) is 0 Å². The Labute approximate surface area is 76.7 Å². The summed E-state index contributed by atoms with van der Waals surface area (Å²) in [6, 6.07) is 0. The lowest BCUT2D eigenvalue weighted by Crippen LogP contribution is -2.19. The molecule has 0 amide bonds. The Bertz CT molecular complexity index is 134. The van der Waals surface area contributed by atoms with Crippen LogP contribution in [0.1, 0.15) is 52.4 Å². The average Bonchev–Trinajstić information content (AvgIpc) is 2.24. The van der Waals surface area contributed by atoms with Crippen LogP contribution in [0.4, 0.5) is 0 Å². The molecule has 0 heteroatoms. The predicted molar refractivity (Wildman–Crippen MR) is 53.0 cm³/mol. The third-order valence-electron chi connectivity index (χ3n) is 4.17. The Morgan fingerprint density at radius 2 is 1.33 bits per heavy atom. The van der Waals surface area contributed by atoms with E-state index in [2.05, 4.69) is 13.8 Å². The highest BCUT2D eigenvalue weighted by Crippen LogP contribution is 2.48. The molecule has 2 unspecified atom stereocenters. The van der Waals surface area contributed by atoms with E-state index >= 15 is 0 Å². The molecule has 2 atom stereocenters. The maximum atomic E-state index is 2.43. The normalized spacial score (nSPS) is 41.8. The van der Waals surface area contributed by atoms with E-state index in [1.165, 1.54) is 12.8 Å². The van der Waals surface area contributed by atoms with E-state index in [-0.39, 0.29) is 0 Å². The van der Waals surface area contributed by atoms with Gasteiger partial charge in [0, 0.05) is 0 Å². The lowest BCUT2D eigenvalue weighted by Gasteiger charge is -2.25. The van der Waals surface area contributed by atoms with Crippen molar-refractivity contribution in [1.82, 2.24) is 0 Å². The van der Waals surface area contributed by atoms with Crippen molar-refractivity contribution in [1.29, 1.82) is 0 Å². The topological polar surface area (TPSA) is 0 Å². The average molecular weight is 166 g/mol. The van der Waals surface area contributed by atoms with E-state index < -0.39 is 0 Å². The predicted octanol–water partition coefficient (Wildman–Crippen LogP) is 3.86. The zero-order valence-electron chi connectivity index (χ0n) is 8.55. The SMILES string of the molecule is CC(C)C1C2CCCCC1CC2. The van der Waals surface area contributed by atoms with Crippen LogP contribution in [0, 0.1) is 23.7 Å². The molecule has 2 saturated carbocycles. The molecule has 70 valence electrons. The molecule has 0 saturated heterocycles. The van der Waals surface area contributed by atoms with E-state index in [4.69, 9.17) is 0 Å². The molecule has 0 heterocycles. The third kappa shape index (κ3) is 1.41. The van der Waals surface area contributed by atoms with Crippen LogP contribution in [0.25, 0.3) is 0 Å². The molecule has 0 spiro atoms. The number of hydrogen-bond donors (Lipinski definition) is 0. The van der Waals surface area contributed by atoms with Gasteiger partial charge in [-0.25, -0.2) is 0 Å². The van der Waals surface area contributed by atoms with Crippen LogP contribution in [0.15, 0.2) is 0 Å². The molecule has 0 nitrogen and oxygen atoms in total. The first kappa shape index (κ1) is 8.59. The van der Waals surface area contributed by atoms with Gasteiger partial charge in [-0.05, 0) is 36.5 Å². The second-order valence-corrected chi connectivity index (χ2v) is 5.20. The molecule has 12 heavy (non-hydrogen) atoms. The molecule has 2 bridgehead atoms. The zero-order valence-corrected chi connectivity index (χ0v) is 8.55. The van der Waals surface area contributed by atoms with Gasteiger partial charge in [-0.15, -0.1) is 0 Å². The van der Waals surface area contributed by atoms with E-state index in [9.17, 15) is 0 Å². The van der Waals surface area contributed by atoms with Gasteiger partial charge in [0.05, 0.1) is 0 Å². The fourth-order valence-electron chi connectivity index (χ4n) is 3.77. The smallest absolute Gasteiger partial charge is 0.0334 e. The Morgan fingerprint density at radius 3 is 1.75 bits per heavy atom. The van der Waals surface area contributed by atoms with Crippen LogP contribution in [0.3, 0.4) is 0 Å². The van der Waals surface area contributed by atoms with Gasteiger partial charge in [-0.1, -0.05) is 39.5 Å². The van der Waals surface area contributed by atoms with Gasteiger partial charge in [0.15, 0.2) is 0 Å². The molecular weight excluding hydrogens is 144 g/mol. The minimum atomic E-state index is 0.945. The molecule has 2 fully saturated rings. The summed E-state index contributed by atoms with van der Waals surface area (Å²) in [6.45, 7) is 4.86. The maximum Gasteiger partial charge on any atom is -0.0334 e. The van der Waals surface area contributed by atoms with Crippen LogP contribution < -0.4 is 0 Å². The largest absolute Gasteiger partial charge is 0.0625 e. The molecule has 2 aliphatic carbocycles. The first-order valence-corrected chi connectivity index (χ1v) is 5.79. The third-order valence-corrected chi connectivity index (χ3v) is 4.17. The van der Waals surface area contributed by atoms with E-state index in [1.807, 2.05) is 0 Å². The van der Waals surface area contributed by atoms with Crippen LogP contribution in [-0.2, 0) is 0 Å². The lowest BCUT2D eigenvalue weighted by molar-refractivity contribution is 0.234. The van der Waals surface area contributed by atoms with Gasteiger partial charge in [-0.3, -0.25) is 0 Å². The van der Waals surface area contributed by atoms with Gasteiger partial charge < -0.3 is 0 Å². The molecule has 0 N–H and O–H groups in total. The summed E-state index contributed by atoms with van der Waals surface area (Å²) in [7, 11) is 0. The summed E-state index contributed by atoms with van der Waals surface area (Å²) < 4.78 is 0. The fraction of sp³-hybridized carbons (Fsp3) is 1.00. The van der Waals surface area contributed by atoms with Crippen molar-refractivity contribution in [3.05, 3.63) is 0 Å². The summed E-state index contributed by atoms with van der Waals surface area (Å²) in [5.74, 6) is 4.25. The Hall–Kier alpha value is 0. The summed E-state index contributed by atoms with van der Waals surface area (Å²) in [6.07, 6.45) is 9.22. The number of fused-ring (bicyclic) bond motifs is 2. The van der Waals surface area contributed by atoms with E-state index in [1.54, 1.807) is 25.7 Å².